The number of carbonyl (C=O) groups is 1. The molecule has 0 aliphatic carbocycles. The normalized spacial score (nSPS) is 9.24. The predicted octanol–water partition coefficient (Wildman–Crippen LogP) is 4.90. The van der Waals surface area contributed by atoms with Crippen molar-refractivity contribution in [1.29, 1.82) is 0 Å². The summed E-state index contributed by atoms with van der Waals surface area (Å²) >= 11 is 0. The number of carbonyl (C=O) groups excluding carboxylic acids is 1. The first-order chi connectivity index (χ1) is 9.69. The maximum atomic E-state index is 9.87. The summed E-state index contributed by atoms with van der Waals surface area (Å²) < 4.78 is 0. The Morgan fingerprint density at radius 1 is 0.952 bits per heavy atom. The van der Waals surface area contributed by atoms with E-state index < -0.39 is 0 Å². The molecule has 0 radical (unpaired) electrons. The van der Waals surface area contributed by atoms with Gasteiger partial charge in [0.25, 0.3) is 0 Å². The molecule has 0 atom stereocenters. The van der Waals surface area contributed by atoms with E-state index in [1.165, 1.54) is 22.3 Å². The topological polar surface area (TPSA) is 17.1 Å². The predicted molar refractivity (Wildman–Crippen MR) is 84.4 cm³/mol. The van der Waals surface area contributed by atoms with E-state index in [4.69, 9.17) is 0 Å². The molecule has 0 aliphatic rings. The second-order valence-electron chi connectivity index (χ2n) is 4.89. The average molecular weight is 318 g/mol. The number of benzene rings is 1. The van der Waals surface area contributed by atoms with Crippen molar-refractivity contribution in [2.75, 3.05) is 0 Å². The van der Waals surface area contributed by atoms with Crippen molar-refractivity contribution in [3.8, 4) is 11.1 Å². The van der Waals surface area contributed by atoms with Gasteiger partial charge in [-0.1, -0.05) is 22.8 Å². The van der Waals surface area contributed by atoms with E-state index in [0.29, 0.717) is 0 Å². The monoisotopic (exact) mass is 318 g/mol. The van der Waals surface area contributed by atoms with Gasteiger partial charge in [-0.15, -0.1) is 29.8 Å². The Labute approximate surface area is 136 Å². The van der Waals surface area contributed by atoms with Crippen molar-refractivity contribution >= 4 is 6.29 Å². The number of hydrogen-bond donors (Lipinski definition) is 0. The molecule has 0 heterocycles. The van der Waals surface area contributed by atoms with Gasteiger partial charge >= 0.3 is 0 Å². The van der Waals surface area contributed by atoms with Crippen LogP contribution in [0.25, 0.3) is 11.1 Å². The first-order valence-corrected chi connectivity index (χ1v) is 6.66. The zero-order valence-electron chi connectivity index (χ0n) is 12.2. The average Bonchev–Trinajstić information content (AvgIpc) is 3.12. The zero-order valence-corrected chi connectivity index (χ0v) is 13.3. The molecule has 3 rings (SSSR count). The van der Waals surface area contributed by atoms with Crippen LogP contribution < -0.4 is 0 Å². The maximum absolute atomic E-state index is 9.87. The molecule has 0 bridgehead atoms. The molecule has 0 amide bonds. The summed E-state index contributed by atoms with van der Waals surface area (Å²) in [6.45, 7) is 4.28. The second kappa shape index (κ2) is 8.41. The molecule has 0 aliphatic heterocycles. The van der Waals surface area contributed by atoms with Gasteiger partial charge in [-0.05, 0) is 13.8 Å². The Kier molecular flexibility index (Phi) is 6.87. The van der Waals surface area contributed by atoms with E-state index >= 15 is 0 Å². The number of aldehydes is 1. The van der Waals surface area contributed by atoms with Crippen molar-refractivity contribution in [3.63, 3.8) is 0 Å². The number of hydrogen-bond acceptors (Lipinski definition) is 1. The van der Waals surface area contributed by atoms with Crippen LogP contribution in [0.3, 0.4) is 0 Å². The fourth-order valence-corrected chi connectivity index (χ4v) is 2.18. The van der Waals surface area contributed by atoms with Crippen molar-refractivity contribution < 1.29 is 21.9 Å². The van der Waals surface area contributed by atoms with E-state index in [1.54, 1.807) is 12.1 Å². The van der Waals surface area contributed by atoms with Crippen LogP contribution in [0.15, 0.2) is 66.7 Å². The van der Waals surface area contributed by atoms with Gasteiger partial charge in [0.1, 0.15) is 0 Å². The fraction of sp³-hybridized carbons (Fsp3) is 0.105. The van der Waals surface area contributed by atoms with Gasteiger partial charge < -0.3 is 34.6 Å². The number of rotatable bonds is 2. The summed E-state index contributed by atoms with van der Waals surface area (Å²) in [6, 6.07) is 22.3. The molecule has 0 unspecified atom stereocenters. The Balaban J connectivity index is 0.000000236. The Morgan fingerprint density at radius 2 is 1.48 bits per heavy atom. The number of aryl methyl sites for hydroxylation is 2. The molecule has 1 nitrogen and oxygen atoms in total. The van der Waals surface area contributed by atoms with E-state index in [-0.39, 0.29) is 17.1 Å². The molecule has 21 heavy (non-hydrogen) atoms. The summed E-state index contributed by atoms with van der Waals surface area (Å²) in [7, 11) is 0. The fourth-order valence-electron chi connectivity index (χ4n) is 2.18. The molecule has 0 saturated carbocycles. The summed E-state index contributed by atoms with van der Waals surface area (Å²) in [4.78, 5) is 9.87. The van der Waals surface area contributed by atoms with Crippen molar-refractivity contribution in [2.45, 2.75) is 13.8 Å². The SMILES string of the molecule is Cc1cc(C)cc(-[c-]2cccc2)c1.O=C[c-]1[cH-][cH-][cH-][cH-]1.[Fe]. The standard InChI is InChI=1S/C13H13.C6H5O.Fe/c1-10-7-11(2)9-13(8-10)12-5-3-4-6-12;7-5-6-3-1-2-4-6;/h3-9H,1-2H3;1-5H;/q-1;-5;. The third-order valence-electron chi connectivity index (χ3n) is 3.04. The van der Waals surface area contributed by atoms with Gasteiger partial charge in [-0.3, -0.25) is 6.29 Å². The van der Waals surface area contributed by atoms with E-state index in [0.717, 1.165) is 11.8 Å². The molecule has 0 saturated heterocycles. The summed E-state index contributed by atoms with van der Waals surface area (Å²) in [5, 5.41) is 0. The molecule has 0 fully saturated rings. The van der Waals surface area contributed by atoms with Crippen LogP contribution in [0.2, 0.25) is 0 Å². The minimum atomic E-state index is 0. The Hall–Kier alpha value is -1.89. The molecular weight excluding hydrogens is 300 g/mol. The second-order valence-corrected chi connectivity index (χ2v) is 4.89. The molecule has 0 aromatic heterocycles. The van der Waals surface area contributed by atoms with E-state index in [2.05, 4.69) is 56.3 Å². The van der Waals surface area contributed by atoms with Gasteiger partial charge in [-0.2, -0.15) is 12.1 Å². The van der Waals surface area contributed by atoms with Crippen LogP contribution in [-0.2, 0) is 17.1 Å². The van der Waals surface area contributed by atoms with Crippen LogP contribution in [0.4, 0.5) is 0 Å². The van der Waals surface area contributed by atoms with Crippen LogP contribution in [0.1, 0.15) is 21.5 Å². The summed E-state index contributed by atoms with van der Waals surface area (Å²) in [5.74, 6) is 0. The van der Waals surface area contributed by atoms with E-state index in [9.17, 15) is 4.79 Å². The molecule has 0 spiro atoms. The van der Waals surface area contributed by atoms with Gasteiger partial charge in [0.15, 0.2) is 0 Å². The third-order valence-corrected chi connectivity index (χ3v) is 3.04. The zero-order chi connectivity index (χ0) is 14.4. The summed E-state index contributed by atoms with van der Waals surface area (Å²) in [6.07, 6.45) is 0.833. The first-order valence-electron chi connectivity index (χ1n) is 6.66. The van der Waals surface area contributed by atoms with Crippen LogP contribution in [0.5, 0.6) is 0 Å². The molecule has 2 heteroatoms. The molecule has 114 valence electrons. The van der Waals surface area contributed by atoms with Crippen molar-refractivity contribution in [2.24, 2.45) is 0 Å². The molecule has 0 N–H and O–H groups in total. The van der Waals surface area contributed by atoms with Gasteiger partial charge in [0.05, 0.1) is 0 Å². The van der Waals surface area contributed by atoms with E-state index in [1.807, 2.05) is 12.1 Å². The van der Waals surface area contributed by atoms with Crippen LogP contribution in [0, 0.1) is 13.8 Å². The van der Waals surface area contributed by atoms with Crippen molar-refractivity contribution in [1.82, 2.24) is 0 Å². The van der Waals surface area contributed by atoms with Crippen LogP contribution in [-0.4, -0.2) is 6.29 Å². The third kappa shape index (κ3) is 5.18. The smallest absolute Gasteiger partial charge is 0 e. The van der Waals surface area contributed by atoms with Gasteiger partial charge in [0.2, 0.25) is 0 Å². The minimum absolute atomic E-state index is 0. The van der Waals surface area contributed by atoms with Crippen LogP contribution >= 0.6 is 0 Å². The Morgan fingerprint density at radius 3 is 1.90 bits per heavy atom. The summed E-state index contributed by atoms with van der Waals surface area (Å²) in [5.41, 5.74) is 6.04. The first kappa shape index (κ1) is 17.2. The maximum Gasteiger partial charge on any atom is 0 e. The largest absolute Gasteiger partial charge is 0.721 e. The van der Waals surface area contributed by atoms with Gasteiger partial charge in [-0.25, -0.2) is 0 Å². The molecule has 3 aromatic rings. The van der Waals surface area contributed by atoms with Gasteiger partial charge in [0, 0.05) is 17.1 Å². The molecule has 3 aromatic carbocycles. The van der Waals surface area contributed by atoms with Crippen molar-refractivity contribution in [3.05, 3.63) is 83.4 Å². The Bertz CT molecular complexity index is 629. The quantitative estimate of drug-likeness (QED) is 0.373. The molecular formula is C19H18FeO-6. The minimum Gasteiger partial charge on any atom is -0.721 e.